The van der Waals surface area contributed by atoms with Crippen molar-refractivity contribution in [2.45, 2.75) is 45.4 Å². The third-order valence-electron chi connectivity index (χ3n) is 2.06. The largest absolute Gasteiger partial charge is 0.393 e. The van der Waals surface area contributed by atoms with Gasteiger partial charge in [0, 0.05) is 6.04 Å². The molecule has 3 N–H and O–H groups in total. The van der Waals surface area contributed by atoms with Crippen LogP contribution < -0.4 is 5.32 Å². The molecule has 0 heterocycles. The standard InChI is InChI=1S/C9H21NO2/c1-6(2)9(12)8(10-4)5-7(3)11/h6-12H,5H2,1-4H3/t7?,8-,9?/m0/s1. The highest BCUT2D eigenvalue weighted by molar-refractivity contribution is 4.78. The first-order valence-electron chi connectivity index (χ1n) is 4.52. The van der Waals surface area contributed by atoms with Crippen molar-refractivity contribution in [3.8, 4) is 0 Å². The summed E-state index contributed by atoms with van der Waals surface area (Å²) in [6.07, 6.45) is -0.156. The fraction of sp³-hybridized carbons (Fsp3) is 1.00. The second kappa shape index (κ2) is 5.51. The molecular weight excluding hydrogens is 154 g/mol. The zero-order valence-corrected chi connectivity index (χ0v) is 8.41. The lowest BCUT2D eigenvalue weighted by Gasteiger charge is -2.26. The number of aliphatic hydroxyl groups is 2. The van der Waals surface area contributed by atoms with E-state index < -0.39 is 0 Å². The molecule has 0 aromatic rings. The van der Waals surface area contributed by atoms with Gasteiger partial charge in [0.1, 0.15) is 0 Å². The van der Waals surface area contributed by atoms with E-state index in [9.17, 15) is 5.11 Å². The lowest BCUT2D eigenvalue weighted by atomic mass is 9.96. The third kappa shape index (κ3) is 4.04. The van der Waals surface area contributed by atoms with Crippen LogP contribution in [0.4, 0.5) is 0 Å². The minimum atomic E-state index is -0.385. The van der Waals surface area contributed by atoms with E-state index in [2.05, 4.69) is 5.32 Å². The Morgan fingerprint density at radius 3 is 1.92 bits per heavy atom. The number of aliphatic hydroxyl groups excluding tert-OH is 2. The Hall–Kier alpha value is -0.120. The number of nitrogens with one attached hydrogen (secondary N) is 1. The van der Waals surface area contributed by atoms with Crippen LogP contribution in [0.2, 0.25) is 0 Å². The molecule has 0 amide bonds. The van der Waals surface area contributed by atoms with E-state index in [1.807, 2.05) is 13.8 Å². The minimum absolute atomic E-state index is 0.00926. The predicted octanol–water partition coefficient (Wildman–Crippen LogP) is 0.362. The summed E-state index contributed by atoms with van der Waals surface area (Å²) in [5, 5.41) is 21.8. The summed E-state index contributed by atoms with van der Waals surface area (Å²) < 4.78 is 0. The van der Waals surface area contributed by atoms with Crippen LogP contribution in [-0.4, -0.2) is 35.5 Å². The molecule has 3 nitrogen and oxygen atoms in total. The second-order valence-electron chi connectivity index (χ2n) is 3.71. The normalized spacial score (nSPS) is 19.2. The predicted molar refractivity (Wildman–Crippen MR) is 50.0 cm³/mol. The maximum atomic E-state index is 9.66. The topological polar surface area (TPSA) is 52.5 Å². The maximum Gasteiger partial charge on any atom is 0.0716 e. The van der Waals surface area contributed by atoms with Crippen LogP contribution in [0.5, 0.6) is 0 Å². The van der Waals surface area contributed by atoms with Crippen molar-refractivity contribution in [3.63, 3.8) is 0 Å². The first kappa shape index (κ1) is 11.9. The molecule has 3 heteroatoms. The lowest BCUT2D eigenvalue weighted by molar-refractivity contribution is 0.0595. The highest BCUT2D eigenvalue weighted by Crippen LogP contribution is 2.10. The van der Waals surface area contributed by atoms with Crippen molar-refractivity contribution in [1.29, 1.82) is 0 Å². The molecule has 0 aliphatic heterocycles. The van der Waals surface area contributed by atoms with Gasteiger partial charge < -0.3 is 15.5 Å². The van der Waals surface area contributed by atoms with E-state index in [0.717, 1.165) is 0 Å². The summed E-state index contributed by atoms with van der Waals surface area (Å²) >= 11 is 0. The van der Waals surface area contributed by atoms with E-state index in [4.69, 9.17) is 5.11 Å². The Morgan fingerprint density at radius 1 is 1.17 bits per heavy atom. The quantitative estimate of drug-likeness (QED) is 0.565. The summed E-state index contributed by atoms with van der Waals surface area (Å²) in [6.45, 7) is 5.67. The van der Waals surface area contributed by atoms with Crippen molar-refractivity contribution in [1.82, 2.24) is 5.32 Å². The van der Waals surface area contributed by atoms with E-state index in [1.165, 1.54) is 0 Å². The van der Waals surface area contributed by atoms with E-state index in [1.54, 1.807) is 14.0 Å². The molecule has 0 radical (unpaired) electrons. The van der Waals surface area contributed by atoms with Gasteiger partial charge in [-0.05, 0) is 26.3 Å². The average Bonchev–Trinajstić information content (AvgIpc) is 1.98. The summed E-state index contributed by atoms with van der Waals surface area (Å²) in [7, 11) is 1.80. The Morgan fingerprint density at radius 2 is 1.67 bits per heavy atom. The van der Waals surface area contributed by atoms with Gasteiger partial charge in [0.2, 0.25) is 0 Å². The van der Waals surface area contributed by atoms with Crippen LogP contribution in [0.15, 0.2) is 0 Å². The Kier molecular flexibility index (Phi) is 5.46. The SMILES string of the molecule is CN[C@@H](CC(C)O)C(O)C(C)C. The number of hydrogen-bond donors (Lipinski definition) is 3. The average molecular weight is 175 g/mol. The molecular formula is C9H21NO2. The van der Waals surface area contributed by atoms with Gasteiger partial charge in [-0.25, -0.2) is 0 Å². The van der Waals surface area contributed by atoms with Crippen molar-refractivity contribution in [2.75, 3.05) is 7.05 Å². The van der Waals surface area contributed by atoms with Crippen molar-refractivity contribution in [2.24, 2.45) is 5.92 Å². The van der Waals surface area contributed by atoms with Crippen molar-refractivity contribution >= 4 is 0 Å². The molecule has 0 aliphatic carbocycles. The van der Waals surface area contributed by atoms with Crippen molar-refractivity contribution < 1.29 is 10.2 Å². The van der Waals surface area contributed by atoms with Gasteiger partial charge in [-0.2, -0.15) is 0 Å². The van der Waals surface area contributed by atoms with E-state index in [0.29, 0.717) is 6.42 Å². The molecule has 0 fully saturated rings. The van der Waals surface area contributed by atoms with E-state index in [-0.39, 0.29) is 24.2 Å². The van der Waals surface area contributed by atoms with E-state index >= 15 is 0 Å². The van der Waals surface area contributed by atoms with Crippen LogP contribution in [0.1, 0.15) is 27.2 Å². The van der Waals surface area contributed by atoms with Crippen LogP contribution in [-0.2, 0) is 0 Å². The molecule has 0 spiro atoms. The summed E-state index contributed by atoms with van der Waals surface area (Å²) in [5.41, 5.74) is 0. The van der Waals surface area contributed by atoms with Crippen molar-refractivity contribution in [3.05, 3.63) is 0 Å². The van der Waals surface area contributed by atoms with Crippen LogP contribution >= 0.6 is 0 Å². The number of likely N-dealkylation sites (N-methyl/N-ethyl adjacent to an activating group) is 1. The Labute approximate surface area is 74.8 Å². The summed E-state index contributed by atoms with van der Waals surface area (Å²) in [4.78, 5) is 0. The fourth-order valence-electron chi connectivity index (χ4n) is 1.26. The zero-order chi connectivity index (χ0) is 9.72. The molecule has 0 saturated heterocycles. The van der Waals surface area contributed by atoms with Gasteiger partial charge in [-0.1, -0.05) is 13.8 Å². The molecule has 0 saturated carbocycles. The Balaban J connectivity index is 3.96. The molecule has 12 heavy (non-hydrogen) atoms. The first-order valence-corrected chi connectivity index (χ1v) is 4.52. The molecule has 0 aromatic heterocycles. The first-order chi connectivity index (χ1) is 5.49. The molecule has 0 rings (SSSR count). The summed E-state index contributed by atoms with van der Waals surface area (Å²) in [6, 6.07) is -0.00926. The van der Waals surface area contributed by atoms with Crippen LogP contribution in [0, 0.1) is 5.92 Å². The van der Waals surface area contributed by atoms with Gasteiger partial charge in [0.05, 0.1) is 12.2 Å². The highest BCUT2D eigenvalue weighted by Gasteiger charge is 2.21. The smallest absolute Gasteiger partial charge is 0.0716 e. The zero-order valence-electron chi connectivity index (χ0n) is 8.41. The van der Waals surface area contributed by atoms with Crippen LogP contribution in [0.3, 0.4) is 0 Å². The molecule has 0 bridgehead atoms. The number of rotatable bonds is 5. The van der Waals surface area contributed by atoms with Crippen LogP contribution in [0.25, 0.3) is 0 Å². The summed E-state index contributed by atoms with van der Waals surface area (Å²) in [5.74, 6) is 0.223. The molecule has 2 unspecified atom stereocenters. The molecule has 3 atom stereocenters. The Bertz CT molecular complexity index is 115. The van der Waals surface area contributed by atoms with Gasteiger partial charge in [0.15, 0.2) is 0 Å². The molecule has 0 aliphatic rings. The third-order valence-corrected chi connectivity index (χ3v) is 2.06. The second-order valence-corrected chi connectivity index (χ2v) is 3.71. The minimum Gasteiger partial charge on any atom is -0.393 e. The van der Waals surface area contributed by atoms with Gasteiger partial charge in [-0.15, -0.1) is 0 Å². The molecule has 74 valence electrons. The fourth-order valence-corrected chi connectivity index (χ4v) is 1.26. The maximum absolute atomic E-state index is 9.66. The molecule has 0 aromatic carbocycles. The monoisotopic (exact) mass is 175 g/mol. The van der Waals surface area contributed by atoms with Gasteiger partial charge >= 0.3 is 0 Å². The van der Waals surface area contributed by atoms with Gasteiger partial charge in [-0.3, -0.25) is 0 Å². The number of hydrogen-bond acceptors (Lipinski definition) is 3. The lowest BCUT2D eigenvalue weighted by Crippen LogP contribution is -2.42. The highest BCUT2D eigenvalue weighted by atomic mass is 16.3. The van der Waals surface area contributed by atoms with Gasteiger partial charge in [0.25, 0.3) is 0 Å².